The quantitative estimate of drug-likeness (QED) is 0.706. The number of benzene rings is 1. The molecule has 0 aliphatic carbocycles. The molecule has 0 saturated carbocycles. The number of aryl methyl sites for hydroxylation is 1. The molecule has 1 amide bonds. The van der Waals surface area contributed by atoms with Gasteiger partial charge in [0.25, 0.3) is 0 Å². The van der Waals surface area contributed by atoms with E-state index in [1.807, 2.05) is 38.1 Å². The highest BCUT2D eigenvalue weighted by Gasteiger charge is 2.11. The van der Waals surface area contributed by atoms with Crippen LogP contribution in [0.5, 0.6) is 5.75 Å². The fourth-order valence-electron chi connectivity index (χ4n) is 2.03. The zero-order chi connectivity index (χ0) is 14.8. The summed E-state index contributed by atoms with van der Waals surface area (Å²) in [6, 6.07) is 7.88. The molecule has 4 nitrogen and oxygen atoms in total. The van der Waals surface area contributed by atoms with Gasteiger partial charge in [-0.1, -0.05) is 19.1 Å². The molecule has 112 valence electrons. The van der Waals surface area contributed by atoms with Gasteiger partial charge in [0.1, 0.15) is 5.75 Å². The van der Waals surface area contributed by atoms with E-state index >= 15 is 0 Å². The van der Waals surface area contributed by atoms with Crippen molar-refractivity contribution in [3.63, 3.8) is 0 Å². The van der Waals surface area contributed by atoms with Gasteiger partial charge in [0.05, 0.1) is 13.2 Å². The van der Waals surface area contributed by atoms with Crippen molar-refractivity contribution in [1.82, 2.24) is 4.90 Å². The second-order valence-corrected chi connectivity index (χ2v) is 4.87. The zero-order valence-electron chi connectivity index (χ0n) is 12.5. The van der Waals surface area contributed by atoms with Crippen molar-refractivity contribution >= 4 is 5.91 Å². The highest BCUT2D eigenvalue weighted by molar-refractivity contribution is 5.76. The van der Waals surface area contributed by atoms with Crippen LogP contribution in [0.15, 0.2) is 24.3 Å². The smallest absolute Gasteiger partial charge is 0.222 e. The average Bonchev–Trinajstić information content (AvgIpc) is 2.43. The number of ether oxygens (including phenoxy) is 1. The molecule has 1 rings (SSSR count). The Morgan fingerprint density at radius 1 is 1.35 bits per heavy atom. The first-order valence-corrected chi connectivity index (χ1v) is 7.25. The maximum Gasteiger partial charge on any atom is 0.222 e. The lowest BCUT2D eigenvalue weighted by Gasteiger charge is -2.21. The SMILES string of the molecule is CCCN(CCO)C(=O)CCCOc1cccc(C)c1. The van der Waals surface area contributed by atoms with Crippen LogP contribution >= 0.6 is 0 Å². The van der Waals surface area contributed by atoms with Crippen molar-refractivity contribution in [3.05, 3.63) is 29.8 Å². The first-order valence-electron chi connectivity index (χ1n) is 7.25. The van der Waals surface area contributed by atoms with Crippen molar-refractivity contribution in [2.24, 2.45) is 0 Å². The molecule has 0 unspecified atom stereocenters. The Morgan fingerprint density at radius 3 is 2.80 bits per heavy atom. The third-order valence-electron chi connectivity index (χ3n) is 3.01. The lowest BCUT2D eigenvalue weighted by Crippen LogP contribution is -2.34. The fraction of sp³-hybridized carbons (Fsp3) is 0.562. The molecule has 0 fully saturated rings. The van der Waals surface area contributed by atoms with Gasteiger partial charge in [0.2, 0.25) is 5.91 Å². The molecule has 1 aromatic carbocycles. The number of hydrogen-bond acceptors (Lipinski definition) is 3. The van der Waals surface area contributed by atoms with Crippen LogP contribution in [0.1, 0.15) is 31.7 Å². The molecule has 4 heteroatoms. The number of carbonyl (C=O) groups is 1. The van der Waals surface area contributed by atoms with Crippen LogP contribution in [0.4, 0.5) is 0 Å². The molecule has 0 saturated heterocycles. The number of hydrogen-bond donors (Lipinski definition) is 1. The summed E-state index contributed by atoms with van der Waals surface area (Å²) in [5.74, 6) is 0.937. The molecule has 0 bridgehead atoms. The van der Waals surface area contributed by atoms with Crippen LogP contribution < -0.4 is 4.74 Å². The number of carbonyl (C=O) groups excluding carboxylic acids is 1. The maximum atomic E-state index is 11.9. The van der Waals surface area contributed by atoms with E-state index in [4.69, 9.17) is 9.84 Å². The van der Waals surface area contributed by atoms with Crippen LogP contribution in [0.25, 0.3) is 0 Å². The summed E-state index contributed by atoms with van der Waals surface area (Å²) in [7, 11) is 0. The van der Waals surface area contributed by atoms with Gasteiger partial charge in [-0.3, -0.25) is 4.79 Å². The number of nitrogens with zero attached hydrogens (tertiary/aromatic N) is 1. The molecule has 0 atom stereocenters. The van der Waals surface area contributed by atoms with Crippen LogP contribution in [0.2, 0.25) is 0 Å². The second-order valence-electron chi connectivity index (χ2n) is 4.87. The number of amides is 1. The van der Waals surface area contributed by atoms with Gasteiger partial charge in [-0.25, -0.2) is 0 Å². The zero-order valence-corrected chi connectivity index (χ0v) is 12.5. The van der Waals surface area contributed by atoms with Crippen molar-refractivity contribution in [1.29, 1.82) is 0 Å². The van der Waals surface area contributed by atoms with E-state index in [9.17, 15) is 4.79 Å². The largest absolute Gasteiger partial charge is 0.494 e. The van der Waals surface area contributed by atoms with Crippen LogP contribution in [-0.4, -0.2) is 42.2 Å². The fourth-order valence-corrected chi connectivity index (χ4v) is 2.03. The summed E-state index contributed by atoms with van der Waals surface area (Å²) in [5, 5.41) is 8.94. The molecule has 0 heterocycles. The van der Waals surface area contributed by atoms with E-state index in [-0.39, 0.29) is 12.5 Å². The molecular formula is C16H25NO3. The lowest BCUT2D eigenvalue weighted by molar-refractivity contribution is -0.132. The number of rotatable bonds is 9. The van der Waals surface area contributed by atoms with Crippen LogP contribution in [0.3, 0.4) is 0 Å². The molecule has 1 aromatic rings. The Bertz CT molecular complexity index is 400. The summed E-state index contributed by atoms with van der Waals surface area (Å²) < 4.78 is 5.62. The molecule has 0 aliphatic heterocycles. The summed E-state index contributed by atoms with van der Waals surface area (Å²) in [5.41, 5.74) is 1.16. The molecule has 0 aliphatic rings. The first kappa shape index (κ1) is 16.5. The third-order valence-corrected chi connectivity index (χ3v) is 3.01. The summed E-state index contributed by atoms with van der Waals surface area (Å²) in [6.07, 6.45) is 2.07. The highest BCUT2D eigenvalue weighted by atomic mass is 16.5. The number of aliphatic hydroxyl groups excluding tert-OH is 1. The summed E-state index contributed by atoms with van der Waals surface area (Å²) >= 11 is 0. The average molecular weight is 279 g/mol. The van der Waals surface area contributed by atoms with Crippen molar-refractivity contribution in [3.8, 4) is 5.75 Å². The Hall–Kier alpha value is -1.55. The van der Waals surface area contributed by atoms with Gasteiger partial charge in [0, 0.05) is 19.5 Å². The molecule has 0 spiro atoms. The van der Waals surface area contributed by atoms with Gasteiger partial charge in [-0.05, 0) is 37.5 Å². The van der Waals surface area contributed by atoms with Crippen LogP contribution in [-0.2, 0) is 4.79 Å². The predicted octanol–water partition coefficient (Wildman–Crippen LogP) is 2.38. The topological polar surface area (TPSA) is 49.8 Å². The first-order chi connectivity index (χ1) is 9.67. The molecule has 0 aromatic heterocycles. The van der Waals surface area contributed by atoms with Gasteiger partial charge in [-0.2, -0.15) is 0 Å². The van der Waals surface area contributed by atoms with E-state index < -0.39 is 0 Å². The van der Waals surface area contributed by atoms with E-state index in [0.29, 0.717) is 32.5 Å². The van der Waals surface area contributed by atoms with Crippen molar-refractivity contribution < 1.29 is 14.6 Å². The van der Waals surface area contributed by atoms with Crippen molar-refractivity contribution in [2.75, 3.05) is 26.3 Å². The van der Waals surface area contributed by atoms with E-state index in [1.54, 1.807) is 4.90 Å². The standard InChI is InChI=1S/C16H25NO3/c1-3-9-17(10-11-18)16(19)8-5-12-20-15-7-4-6-14(2)13-15/h4,6-7,13,18H,3,5,8-12H2,1-2H3. The van der Waals surface area contributed by atoms with Gasteiger partial charge in [-0.15, -0.1) is 0 Å². The normalized spacial score (nSPS) is 10.3. The van der Waals surface area contributed by atoms with E-state index in [1.165, 1.54) is 0 Å². The minimum absolute atomic E-state index is 0.0194. The second kappa shape index (κ2) is 9.37. The summed E-state index contributed by atoms with van der Waals surface area (Å²) in [4.78, 5) is 13.7. The predicted molar refractivity (Wildman–Crippen MR) is 79.9 cm³/mol. The minimum atomic E-state index is 0.0194. The Balaban J connectivity index is 2.27. The Labute approximate surface area is 121 Å². The number of aliphatic hydroxyl groups is 1. The molecule has 20 heavy (non-hydrogen) atoms. The molecule has 0 radical (unpaired) electrons. The Kier molecular flexibility index (Phi) is 7.73. The lowest BCUT2D eigenvalue weighted by atomic mass is 10.2. The van der Waals surface area contributed by atoms with E-state index in [0.717, 1.165) is 17.7 Å². The van der Waals surface area contributed by atoms with Crippen molar-refractivity contribution in [2.45, 2.75) is 33.1 Å². The van der Waals surface area contributed by atoms with E-state index in [2.05, 4.69) is 0 Å². The highest BCUT2D eigenvalue weighted by Crippen LogP contribution is 2.12. The van der Waals surface area contributed by atoms with Crippen LogP contribution in [0, 0.1) is 6.92 Å². The van der Waals surface area contributed by atoms with Gasteiger partial charge in [0.15, 0.2) is 0 Å². The van der Waals surface area contributed by atoms with Gasteiger partial charge < -0.3 is 14.7 Å². The maximum absolute atomic E-state index is 11.9. The minimum Gasteiger partial charge on any atom is -0.494 e. The Morgan fingerprint density at radius 2 is 2.15 bits per heavy atom. The monoisotopic (exact) mass is 279 g/mol. The third kappa shape index (κ3) is 6.06. The summed E-state index contributed by atoms with van der Waals surface area (Å²) in [6.45, 7) is 5.73. The van der Waals surface area contributed by atoms with Gasteiger partial charge >= 0.3 is 0 Å². The molecule has 1 N–H and O–H groups in total. The molecular weight excluding hydrogens is 254 g/mol.